The van der Waals surface area contributed by atoms with Crippen LogP contribution in [0.15, 0.2) is 52.2 Å². The van der Waals surface area contributed by atoms with Crippen LogP contribution in [-0.4, -0.2) is 37.3 Å². The van der Waals surface area contributed by atoms with Crippen LogP contribution in [0, 0.1) is 0 Å². The summed E-state index contributed by atoms with van der Waals surface area (Å²) in [5.74, 6) is 0.834. The van der Waals surface area contributed by atoms with Gasteiger partial charge in [-0.05, 0) is 41.3 Å². The molecule has 0 saturated heterocycles. The van der Waals surface area contributed by atoms with Crippen LogP contribution in [0.2, 0.25) is 0 Å². The Morgan fingerprint density at radius 1 is 1.22 bits per heavy atom. The number of aliphatic hydroxyl groups excluding tert-OH is 1. The van der Waals surface area contributed by atoms with E-state index in [0.29, 0.717) is 6.54 Å². The Bertz CT molecular complexity index is 569. The monoisotopic (exact) mass is 331 g/mol. The summed E-state index contributed by atoms with van der Waals surface area (Å²) >= 11 is 1.72. The second-order valence-electron chi connectivity index (χ2n) is 5.32. The normalized spacial score (nSPS) is 12.9. The average molecular weight is 331 g/mol. The highest BCUT2D eigenvalue weighted by molar-refractivity contribution is 7.07. The van der Waals surface area contributed by atoms with E-state index in [0.717, 1.165) is 31.0 Å². The molecule has 0 radical (unpaired) electrons. The lowest BCUT2D eigenvalue weighted by atomic mass is 10.0. The summed E-state index contributed by atoms with van der Waals surface area (Å²) in [6, 6.07) is 12.2. The molecule has 1 atom stereocenters. The molecule has 0 amide bonds. The van der Waals surface area contributed by atoms with E-state index in [1.807, 2.05) is 30.3 Å². The maximum absolute atomic E-state index is 9.61. The van der Waals surface area contributed by atoms with Gasteiger partial charge in [-0.3, -0.25) is 4.99 Å². The van der Waals surface area contributed by atoms with Gasteiger partial charge in [-0.15, -0.1) is 0 Å². The SMILES string of the molecule is CCNC(=NCC(CO)c1ccccc1)NCCc1ccsc1. The van der Waals surface area contributed by atoms with E-state index in [1.54, 1.807) is 11.3 Å². The van der Waals surface area contributed by atoms with Crippen LogP contribution in [0.3, 0.4) is 0 Å². The van der Waals surface area contributed by atoms with E-state index >= 15 is 0 Å². The van der Waals surface area contributed by atoms with Gasteiger partial charge < -0.3 is 15.7 Å². The Morgan fingerprint density at radius 3 is 2.70 bits per heavy atom. The quantitative estimate of drug-likeness (QED) is 0.515. The minimum atomic E-state index is 0.0310. The van der Waals surface area contributed by atoms with Gasteiger partial charge >= 0.3 is 0 Å². The van der Waals surface area contributed by atoms with E-state index in [2.05, 4.69) is 39.4 Å². The molecule has 5 heteroatoms. The standard InChI is InChI=1S/C18H25N3OS/c1-2-19-18(20-10-8-15-9-11-23-14-15)21-12-17(13-22)16-6-4-3-5-7-16/h3-7,9,11,14,17,22H,2,8,10,12-13H2,1H3,(H2,19,20,21). The molecule has 0 bridgehead atoms. The van der Waals surface area contributed by atoms with Crippen LogP contribution < -0.4 is 10.6 Å². The molecule has 4 nitrogen and oxygen atoms in total. The van der Waals surface area contributed by atoms with Crippen molar-refractivity contribution in [1.29, 1.82) is 0 Å². The van der Waals surface area contributed by atoms with Crippen molar-refractivity contribution in [1.82, 2.24) is 10.6 Å². The zero-order chi connectivity index (χ0) is 16.3. The number of nitrogens with one attached hydrogen (secondary N) is 2. The first-order chi connectivity index (χ1) is 11.3. The lowest BCUT2D eigenvalue weighted by molar-refractivity contribution is 0.268. The molecular weight excluding hydrogens is 306 g/mol. The zero-order valence-electron chi connectivity index (χ0n) is 13.5. The van der Waals surface area contributed by atoms with Gasteiger partial charge in [0.2, 0.25) is 0 Å². The molecule has 1 heterocycles. The molecule has 0 aliphatic rings. The van der Waals surface area contributed by atoms with Crippen LogP contribution in [0.25, 0.3) is 0 Å². The number of aliphatic hydroxyl groups is 1. The predicted molar refractivity (Wildman–Crippen MR) is 98.3 cm³/mol. The van der Waals surface area contributed by atoms with Crippen molar-refractivity contribution in [2.24, 2.45) is 4.99 Å². The third-order valence-electron chi connectivity index (χ3n) is 3.59. The molecule has 0 fully saturated rings. The summed E-state index contributed by atoms with van der Waals surface area (Å²) in [7, 11) is 0. The topological polar surface area (TPSA) is 56.7 Å². The molecule has 0 spiro atoms. The minimum absolute atomic E-state index is 0.0310. The summed E-state index contributed by atoms with van der Waals surface area (Å²) in [4.78, 5) is 4.62. The molecule has 1 aromatic carbocycles. The van der Waals surface area contributed by atoms with Gasteiger partial charge in [-0.25, -0.2) is 0 Å². The van der Waals surface area contributed by atoms with Crippen LogP contribution in [0.1, 0.15) is 24.0 Å². The fourth-order valence-corrected chi connectivity index (χ4v) is 3.00. The molecule has 2 aromatic rings. The van der Waals surface area contributed by atoms with Crippen LogP contribution in [0.4, 0.5) is 0 Å². The molecule has 1 unspecified atom stereocenters. The Labute approximate surface area is 142 Å². The Morgan fingerprint density at radius 2 is 2.04 bits per heavy atom. The van der Waals surface area contributed by atoms with Crippen molar-refractivity contribution in [3.05, 3.63) is 58.3 Å². The van der Waals surface area contributed by atoms with Crippen molar-refractivity contribution in [3.63, 3.8) is 0 Å². The third-order valence-corrected chi connectivity index (χ3v) is 4.32. The number of benzene rings is 1. The van der Waals surface area contributed by atoms with Crippen LogP contribution in [0.5, 0.6) is 0 Å². The molecule has 3 N–H and O–H groups in total. The van der Waals surface area contributed by atoms with Gasteiger partial charge in [0.25, 0.3) is 0 Å². The van der Waals surface area contributed by atoms with Gasteiger partial charge in [0.1, 0.15) is 0 Å². The average Bonchev–Trinajstić information content (AvgIpc) is 3.10. The number of hydrogen-bond acceptors (Lipinski definition) is 3. The van der Waals surface area contributed by atoms with Crippen LogP contribution >= 0.6 is 11.3 Å². The zero-order valence-corrected chi connectivity index (χ0v) is 14.4. The Kier molecular flexibility index (Phi) is 7.63. The number of rotatable bonds is 8. The summed E-state index contributed by atoms with van der Waals surface area (Å²) in [5.41, 5.74) is 2.46. The van der Waals surface area contributed by atoms with Gasteiger partial charge in [0, 0.05) is 19.0 Å². The summed E-state index contributed by atoms with van der Waals surface area (Å²) in [6.07, 6.45) is 0.982. The number of thiophene rings is 1. The lowest BCUT2D eigenvalue weighted by Crippen LogP contribution is -2.38. The van der Waals surface area contributed by atoms with Crippen LogP contribution in [-0.2, 0) is 6.42 Å². The van der Waals surface area contributed by atoms with Crippen molar-refractivity contribution >= 4 is 17.3 Å². The maximum atomic E-state index is 9.61. The number of aliphatic imine (C=N–C) groups is 1. The van der Waals surface area contributed by atoms with E-state index in [-0.39, 0.29) is 12.5 Å². The number of hydrogen-bond donors (Lipinski definition) is 3. The number of nitrogens with zero attached hydrogens (tertiary/aromatic N) is 1. The van der Waals surface area contributed by atoms with Gasteiger partial charge in [-0.2, -0.15) is 11.3 Å². The van der Waals surface area contributed by atoms with E-state index in [4.69, 9.17) is 0 Å². The minimum Gasteiger partial charge on any atom is -0.396 e. The fourth-order valence-electron chi connectivity index (χ4n) is 2.30. The molecule has 0 saturated carbocycles. The molecule has 124 valence electrons. The van der Waals surface area contributed by atoms with E-state index in [1.165, 1.54) is 5.56 Å². The Balaban J connectivity index is 1.88. The van der Waals surface area contributed by atoms with Gasteiger partial charge in [-0.1, -0.05) is 30.3 Å². The maximum Gasteiger partial charge on any atom is 0.191 e. The first-order valence-corrected chi connectivity index (χ1v) is 8.96. The van der Waals surface area contributed by atoms with Gasteiger partial charge in [0.15, 0.2) is 5.96 Å². The molecule has 1 aromatic heterocycles. The van der Waals surface area contributed by atoms with Crippen molar-refractivity contribution in [2.75, 3.05) is 26.2 Å². The largest absolute Gasteiger partial charge is 0.396 e. The highest BCUT2D eigenvalue weighted by atomic mass is 32.1. The van der Waals surface area contributed by atoms with Crippen molar-refractivity contribution in [2.45, 2.75) is 19.3 Å². The van der Waals surface area contributed by atoms with Gasteiger partial charge in [0.05, 0.1) is 13.2 Å². The molecule has 0 aliphatic heterocycles. The second-order valence-corrected chi connectivity index (χ2v) is 6.10. The highest BCUT2D eigenvalue weighted by Crippen LogP contribution is 2.14. The highest BCUT2D eigenvalue weighted by Gasteiger charge is 2.09. The summed E-state index contributed by atoms with van der Waals surface area (Å²) in [5, 5.41) is 20.5. The Hall–Kier alpha value is -1.85. The summed E-state index contributed by atoms with van der Waals surface area (Å²) in [6.45, 7) is 4.38. The first kappa shape index (κ1) is 17.5. The van der Waals surface area contributed by atoms with E-state index < -0.39 is 0 Å². The van der Waals surface area contributed by atoms with Crippen molar-refractivity contribution < 1.29 is 5.11 Å². The van der Waals surface area contributed by atoms with Crippen molar-refractivity contribution in [3.8, 4) is 0 Å². The third kappa shape index (κ3) is 6.04. The molecular formula is C18H25N3OS. The molecule has 2 rings (SSSR count). The first-order valence-electron chi connectivity index (χ1n) is 8.02. The number of guanidine groups is 1. The smallest absolute Gasteiger partial charge is 0.191 e. The van der Waals surface area contributed by atoms with E-state index in [9.17, 15) is 5.11 Å². The molecule has 23 heavy (non-hydrogen) atoms. The second kappa shape index (κ2) is 10.0. The lowest BCUT2D eigenvalue weighted by Gasteiger charge is -2.15. The fraction of sp³-hybridized carbons (Fsp3) is 0.389. The summed E-state index contributed by atoms with van der Waals surface area (Å²) < 4.78 is 0. The predicted octanol–water partition coefficient (Wildman–Crippen LogP) is 2.62. The molecule has 0 aliphatic carbocycles.